The van der Waals surface area contributed by atoms with Gasteiger partial charge >= 0.3 is 0 Å². The van der Waals surface area contributed by atoms with Crippen molar-refractivity contribution in [1.29, 1.82) is 0 Å². The fourth-order valence-electron chi connectivity index (χ4n) is 2.90. The van der Waals surface area contributed by atoms with Crippen molar-refractivity contribution in [2.24, 2.45) is 0 Å². The van der Waals surface area contributed by atoms with Crippen LogP contribution >= 0.6 is 15.9 Å². The van der Waals surface area contributed by atoms with Crippen LogP contribution in [0.25, 0.3) is 0 Å². The van der Waals surface area contributed by atoms with E-state index in [9.17, 15) is 0 Å². The summed E-state index contributed by atoms with van der Waals surface area (Å²) in [6.45, 7) is 2.22. The maximum atomic E-state index is 6.24. The molecule has 1 nitrogen and oxygen atoms in total. The third-order valence-electron chi connectivity index (χ3n) is 3.74. The van der Waals surface area contributed by atoms with E-state index in [1.54, 1.807) is 0 Å². The Balaban J connectivity index is 1.76. The Morgan fingerprint density at radius 2 is 2.07 bits per heavy atom. The molecular weight excluding hydrogens is 240 g/mol. The second-order valence-corrected chi connectivity index (χ2v) is 6.59. The fraction of sp³-hybridized carbons (Fsp3) is 1.00. The lowest BCUT2D eigenvalue weighted by atomic mass is 9.98. The highest BCUT2D eigenvalue weighted by molar-refractivity contribution is 9.09. The lowest BCUT2D eigenvalue weighted by molar-refractivity contribution is -0.0392. The predicted molar refractivity (Wildman–Crippen MR) is 62.9 cm³/mol. The molecule has 2 unspecified atom stereocenters. The molecule has 0 aromatic rings. The second-order valence-electron chi connectivity index (χ2n) is 5.03. The highest BCUT2D eigenvalue weighted by atomic mass is 79.9. The number of alkyl halides is 1. The zero-order chi connectivity index (χ0) is 10.0. The minimum Gasteiger partial charge on any atom is -0.372 e. The van der Waals surface area contributed by atoms with Gasteiger partial charge in [-0.2, -0.15) is 0 Å². The van der Waals surface area contributed by atoms with Gasteiger partial charge in [-0.25, -0.2) is 0 Å². The van der Waals surface area contributed by atoms with E-state index < -0.39 is 0 Å². The summed E-state index contributed by atoms with van der Waals surface area (Å²) < 4.78 is 6.24. The number of rotatable bonds is 3. The molecule has 1 saturated carbocycles. The maximum absolute atomic E-state index is 6.24. The Kier molecular flexibility index (Phi) is 3.54. The molecule has 1 aliphatic carbocycles. The van der Waals surface area contributed by atoms with E-state index in [0.717, 1.165) is 0 Å². The molecule has 0 aromatic heterocycles. The normalized spacial score (nSPS) is 32.6. The standard InChI is InChI=1S/C12H21BrO/c1-10(13)4-5-11-6-9-12(14-11)7-2-3-8-12/h10-11H,2-9H2,1H3. The molecule has 1 heterocycles. The molecule has 1 saturated heterocycles. The zero-order valence-corrected chi connectivity index (χ0v) is 10.7. The molecule has 0 radical (unpaired) electrons. The number of ether oxygens (including phenoxy) is 1. The second kappa shape index (κ2) is 4.52. The summed E-state index contributed by atoms with van der Waals surface area (Å²) in [4.78, 5) is 0.645. The molecule has 1 spiro atoms. The van der Waals surface area contributed by atoms with Gasteiger partial charge in [0, 0.05) is 4.83 Å². The maximum Gasteiger partial charge on any atom is 0.0687 e. The van der Waals surface area contributed by atoms with E-state index >= 15 is 0 Å². The summed E-state index contributed by atoms with van der Waals surface area (Å²) in [5, 5.41) is 0. The Morgan fingerprint density at radius 3 is 2.71 bits per heavy atom. The largest absolute Gasteiger partial charge is 0.372 e. The van der Waals surface area contributed by atoms with Crippen LogP contribution in [0.2, 0.25) is 0 Å². The third-order valence-corrected chi connectivity index (χ3v) is 4.20. The van der Waals surface area contributed by atoms with E-state index in [-0.39, 0.29) is 0 Å². The van der Waals surface area contributed by atoms with Gasteiger partial charge in [-0.15, -0.1) is 0 Å². The summed E-state index contributed by atoms with van der Waals surface area (Å²) in [5.74, 6) is 0. The molecular formula is C12H21BrO. The molecule has 2 rings (SSSR count). The lowest BCUT2D eigenvalue weighted by Gasteiger charge is -2.23. The van der Waals surface area contributed by atoms with Crippen LogP contribution in [0.1, 0.15) is 58.3 Å². The van der Waals surface area contributed by atoms with Crippen molar-refractivity contribution in [1.82, 2.24) is 0 Å². The van der Waals surface area contributed by atoms with Gasteiger partial charge in [0.15, 0.2) is 0 Å². The first-order valence-corrected chi connectivity index (χ1v) is 6.94. The Hall–Kier alpha value is 0.440. The highest BCUT2D eigenvalue weighted by Crippen LogP contribution is 2.44. The number of hydrogen-bond acceptors (Lipinski definition) is 1. The van der Waals surface area contributed by atoms with Gasteiger partial charge in [0.2, 0.25) is 0 Å². The quantitative estimate of drug-likeness (QED) is 0.696. The van der Waals surface area contributed by atoms with E-state index in [1.807, 2.05) is 0 Å². The van der Waals surface area contributed by atoms with Crippen LogP contribution < -0.4 is 0 Å². The number of halogens is 1. The van der Waals surface area contributed by atoms with Crippen LogP contribution in [0.15, 0.2) is 0 Å². The van der Waals surface area contributed by atoms with Crippen molar-refractivity contribution >= 4 is 15.9 Å². The lowest BCUT2D eigenvalue weighted by Crippen LogP contribution is -2.24. The van der Waals surface area contributed by atoms with Gasteiger partial charge < -0.3 is 4.74 Å². The molecule has 2 heteroatoms. The Morgan fingerprint density at radius 1 is 1.36 bits per heavy atom. The van der Waals surface area contributed by atoms with Crippen molar-refractivity contribution in [3.63, 3.8) is 0 Å². The molecule has 1 aliphatic heterocycles. The summed E-state index contributed by atoms with van der Waals surface area (Å²) in [7, 11) is 0. The van der Waals surface area contributed by atoms with Gasteiger partial charge in [-0.1, -0.05) is 35.7 Å². The molecule has 0 aromatic carbocycles. The SMILES string of the molecule is CC(Br)CCC1CCC2(CCCC2)O1. The average Bonchev–Trinajstić information content (AvgIpc) is 2.74. The summed E-state index contributed by atoms with van der Waals surface area (Å²) in [6.07, 6.45) is 11.1. The molecule has 14 heavy (non-hydrogen) atoms. The van der Waals surface area contributed by atoms with Crippen molar-refractivity contribution < 1.29 is 4.74 Å². The summed E-state index contributed by atoms with van der Waals surface area (Å²) in [5.41, 5.74) is 0.334. The summed E-state index contributed by atoms with van der Waals surface area (Å²) in [6, 6.07) is 0. The minimum atomic E-state index is 0.334. The highest BCUT2D eigenvalue weighted by Gasteiger charge is 2.41. The van der Waals surface area contributed by atoms with Gasteiger partial charge in [-0.05, 0) is 38.5 Å². The van der Waals surface area contributed by atoms with E-state index in [0.29, 0.717) is 16.5 Å². The molecule has 0 N–H and O–H groups in total. The van der Waals surface area contributed by atoms with Crippen molar-refractivity contribution in [3.8, 4) is 0 Å². The molecule has 82 valence electrons. The van der Waals surface area contributed by atoms with Crippen LogP contribution in [0, 0.1) is 0 Å². The topological polar surface area (TPSA) is 9.23 Å². The van der Waals surface area contributed by atoms with Gasteiger partial charge in [-0.3, -0.25) is 0 Å². The van der Waals surface area contributed by atoms with E-state index in [4.69, 9.17) is 4.74 Å². The van der Waals surface area contributed by atoms with Crippen LogP contribution in [0.5, 0.6) is 0 Å². The summed E-state index contributed by atoms with van der Waals surface area (Å²) >= 11 is 3.60. The van der Waals surface area contributed by atoms with Crippen LogP contribution in [-0.4, -0.2) is 16.5 Å². The van der Waals surface area contributed by atoms with Gasteiger partial charge in [0.05, 0.1) is 11.7 Å². The van der Waals surface area contributed by atoms with Crippen molar-refractivity contribution in [3.05, 3.63) is 0 Å². The molecule has 2 aliphatic rings. The first-order chi connectivity index (χ1) is 6.70. The van der Waals surface area contributed by atoms with Crippen LogP contribution in [-0.2, 0) is 4.74 Å². The van der Waals surface area contributed by atoms with Crippen LogP contribution in [0.3, 0.4) is 0 Å². The third kappa shape index (κ3) is 2.52. The van der Waals surface area contributed by atoms with Crippen molar-refractivity contribution in [2.75, 3.05) is 0 Å². The first-order valence-electron chi connectivity index (χ1n) is 6.02. The molecule has 0 bridgehead atoms. The molecule has 0 amide bonds. The van der Waals surface area contributed by atoms with E-state index in [1.165, 1.54) is 51.4 Å². The zero-order valence-electron chi connectivity index (χ0n) is 9.10. The van der Waals surface area contributed by atoms with Gasteiger partial charge in [0.25, 0.3) is 0 Å². The monoisotopic (exact) mass is 260 g/mol. The number of hydrogen-bond donors (Lipinski definition) is 0. The predicted octanol–water partition coefficient (Wildman–Crippen LogP) is 4.04. The Labute approximate surface area is 95.7 Å². The smallest absolute Gasteiger partial charge is 0.0687 e. The van der Waals surface area contributed by atoms with Gasteiger partial charge in [0.1, 0.15) is 0 Å². The Bertz CT molecular complexity index is 185. The molecule has 2 fully saturated rings. The molecule has 2 atom stereocenters. The van der Waals surface area contributed by atoms with Crippen molar-refractivity contribution in [2.45, 2.75) is 74.8 Å². The minimum absolute atomic E-state index is 0.334. The van der Waals surface area contributed by atoms with Crippen LogP contribution in [0.4, 0.5) is 0 Å². The average molecular weight is 261 g/mol. The van der Waals surface area contributed by atoms with E-state index in [2.05, 4.69) is 22.9 Å². The first kappa shape index (κ1) is 10.9. The fourth-order valence-corrected chi connectivity index (χ4v) is 3.17.